The number of nitrogens with two attached hydrogens (primary N) is 1. The van der Waals surface area contributed by atoms with E-state index in [1.807, 2.05) is 12.1 Å². The summed E-state index contributed by atoms with van der Waals surface area (Å²) in [5.41, 5.74) is 3.23. The Bertz CT molecular complexity index is 1430. The maximum absolute atomic E-state index is 11.2. The van der Waals surface area contributed by atoms with Crippen molar-refractivity contribution in [3.05, 3.63) is 71.4 Å². The van der Waals surface area contributed by atoms with Gasteiger partial charge in [-0.25, -0.2) is 23.1 Å². The number of nitriles is 2. The van der Waals surface area contributed by atoms with Gasteiger partial charge in [-0.3, -0.25) is 4.79 Å². The van der Waals surface area contributed by atoms with Crippen molar-refractivity contribution in [2.24, 2.45) is 5.14 Å². The van der Waals surface area contributed by atoms with Gasteiger partial charge >= 0.3 is 0 Å². The molecule has 0 atom stereocenters. The summed E-state index contributed by atoms with van der Waals surface area (Å²) in [7, 11) is -3.81. The van der Waals surface area contributed by atoms with E-state index in [0.29, 0.717) is 32.7 Å². The molecule has 160 valence electrons. The number of carbonyl (C=O) groups is 1. The minimum absolute atomic E-state index is 0.0273. The summed E-state index contributed by atoms with van der Waals surface area (Å²) < 4.78 is 23.6. The number of fused-ring (bicyclic) bond motifs is 1. The molecule has 9 nitrogen and oxygen atoms in total. The number of rotatable bonds is 4. The standard InChI is InChI=1S/C11H7N5O2S2.C9H6BrNO/c12-5-7-1-3-8(4-2-7)9-6-16-10(14-9)19-11(15-16)20(13,17)18;10-5-9(12)8-3-1-7(6-11)2-4-8/h1-4,6H,(H2,13,17,18);1-4H,5H2. The van der Waals surface area contributed by atoms with Crippen molar-refractivity contribution in [3.63, 3.8) is 0 Å². The first-order chi connectivity index (χ1) is 15.2. The van der Waals surface area contributed by atoms with Crippen LogP contribution >= 0.6 is 27.3 Å². The normalized spacial score (nSPS) is 10.6. The van der Waals surface area contributed by atoms with E-state index in [4.69, 9.17) is 15.7 Å². The van der Waals surface area contributed by atoms with E-state index in [-0.39, 0.29) is 10.1 Å². The number of nitrogens with zero attached hydrogens (tertiary/aromatic N) is 5. The maximum atomic E-state index is 11.2. The highest BCUT2D eigenvalue weighted by molar-refractivity contribution is 9.09. The fourth-order valence-corrected chi connectivity index (χ4v) is 4.29. The van der Waals surface area contributed by atoms with Gasteiger partial charge in [0.2, 0.25) is 9.30 Å². The molecule has 0 amide bonds. The Hall–Kier alpha value is -3.42. The van der Waals surface area contributed by atoms with Gasteiger partial charge in [0.15, 0.2) is 5.78 Å². The van der Waals surface area contributed by atoms with E-state index in [1.54, 1.807) is 54.7 Å². The van der Waals surface area contributed by atoms with Crippen LogP contribution in [0.15, 0.2) is 59.1 Å². The average Bonchev–Trinajstić information content (AvgIpc) is 3.39. The van der Waals surface area contributed by atoms with Crippen molar-refractivity contribution in [2.45, 2.75) is 4.34 Å². The third-order valence-electron chi connectivity index (χ3n) is 4.04. The lowest BCUT2D eigenvalue weighted by atomic mass is 10.1. The monoisotopic (exact) mass is 528 g/mol. The Labute approximate surface area is 195 Å². The van der Waals surface area contributed by atoms with Crippen LogP contribution in [-0.4, -0.2) is 34.1 Å². The van der Waals surface area contributed by atoms with Crippen molar-refractivity contribution in [3.8, 4) is 23.4 Å². The zero-order valence-electron chi connectivity index (χ0n) is 16.1. The Kier molecular flexibility index (Phi) is 7.12. The Balaban J connectivity index is 0.000000207. The number of primary sulfonamides is 1. The minimum atomic E-state index is -3.81. The molecule has 0 aliphatic carbocycles. The maximum Gasteiger partial charge on any atom is 0.267 e. The molecule has 0 unspecified atom stereocenters. The van der Waals surface area contributed by atoms with Crippen molar-refractivity contribution < 1.29 is 13.2 Å². The quantitative estimate of drug-likeness (QED) is 0.315. The largest absolute Gasteiger partial charge is 0.293 e. The zero-order chi connectivity index (χ0) is 23.3. The van der Waals surface area contributed by atoms with E-state index in [0.717, 1.165) is 16.9 Å². The van der Waals surface area contributed by atoms with Crippen molar-refractivity contribution >= 4 is 48.0 Å². The molecule has 0 radical (unpaired) electrons. The van der Waals surface area contributed by atoms with Crippen LogP contribution in [-0.2, 0) is 10.0 Å². The fraction of sp³-hybridized carbons (Fsp3) is 0.0500. The number of sulfonamides is 1. The summed E-state index contributed by atoms with van der Waals surface area (Å²) >= 11 is 3.98. The van der Waals surface area contributed by atoms with Crippen LogP contribution in [0, 0.1) is 22.7 Å². The number of hydrogen-bond acceptors (Lipinski definition) is 8. The predicted octanol–water partition coefficient (Wildman–Crippen LogP) is 3.11. The van der Waals surface area contributed by atoms with Gasteiger partial charge in [0.1, 0.15) is 0 Å². The SMILES string of the molecule is N#Cc1ccc(-c2cn3nc(S(N)(=O)=O)sc3n2)cc1.N#Cc1ccc(C(=O)CBr)cc1. The van der Waals surface area contributed by atoms with Crippen LogP contribution in [0.2, 0.25) is 0 Å². The number of halogens is 1. The molecule has 4 aromatic rings. The van der Waals surface area contributed by atoms with Gasteiger partial charge in [-0.1, -0.05) is 51.5 Å². The van der Waals surface area contributed by atoms with Crippen LogP contribution in [0.5, 0.6) is 0 Å². The molecule has 2 aromatic heterocycles. The Morgan fingerprint density at radius 1 is 1.06 bits per heavy atom. The molecule has 0 bridgehead atoms. The number of imidazole rings is 1. The third kappa shape index (κ3) is 5.43. The number of carbonyl (C=O) groups excluding carboxylic acids is 1. The molecular formula is C20H13BrN6O3S2. The molecule has 0 spiro atoms. The molecule has 32 heavy (non-hydrogen) atoms. The predicted molar refractivity (Wildman–Crippen MR) is 122 cm³/mol. The second-order valence-corrected chi connectivity index (χ2v) is 9.45. The summed E-state index contributed by atoms with van der Waals surface area (Å²) in [6.07, 6.45) is 1.61. The lowest BCUT2D eigenvalue weighted by Crippen LogP contribution is -2.12. The number of benzene rings is 2. The van der Waals surface area contributed by atoms with E-state index in [1.165, 1.54) is 4.52 Å². The van der Waals surface area contributed by atoms with Crippen LogP contribution in [0.4, 0.5) is 0 Å². The lowest BCUT2D eigenvalue weighted by molar-refractivity contribution is 0.102. The summed E-state index contributed by atoms with van der Waals surface area (Å²) in [5.74, 6) is 0.0273. The van der Waals surface area contributed by atoms with Crippen LogP contribution < -0.4 is 5.14 Å². The second-order valence-electron chi connectivity index (χ2n) is 6.20. The first-order valence-electron chi connectivity index (χ1n) is 8.74. The minimum Gasteiger partial charge on any atom is -0.293 e. The molecule has 4 rings (SSSR count). The summed E-state index contributed by atoms with van der Waals surface area (Å²) in [6.45, 7) is 0. The van der Waals surface area contributed by atoms with Crippen LogP contribution in [0.3, 0.4) is 0 Å². The average molecular weight is 529 g/mol. The van der Waals surface area contributed by atoms with E-state index in [9.17, 15) is 13.2 Å². The van der Waals surface area contributed by atoms with Gasteiger partial charge < -0.3 is 0 Å². The molecule has 2 aromatic carbocycles. The highest BCUT2D eigenvalue weighted by Gasteiger charge is 2.17. The van der Waals surface area contributed by atoms with Gasteiger partial charge in [0.25, 0.3) is 10.0 Å². The van der Waals surface area contributed by atoms with E-state index < -0.39 is 10.0 Å². The number of aromatic nitrogens is 3. The highest BCUT2D eigenvalue weighted by Crippen LogP contribution is 2.23. The summed E-state index contributed by atoms with van der Waals surface area (Å²) in [6, 6.07) is 17.5. The van der Waals surface area contributed by atoms with Gasteiger partial charge in [0, 0.05) is 11.1 Å². The highest BCUT2D eigenvalue weighted by atomic mass is 79.9. The van der Waals surface area contributed by atoms with Crippen molar-refractivity contribution in [1.82, 2.24) is 14.6 Å². The van der Waals surface area contributed by atoms with E-state index in [2.05, 4.69) is 26.0 Å². The number of Topliss-reactive ketones (excluding diaryl/α,β-unsaturated/α-hetero) is 1. The molecule has 2 heterocycles. The van der Waals surface area contributed by atoms with E-state index >= 15 is 0 Å². The fourth-order valence-electron chi connectivity index (χ4n) is 2.46. The molecule has 12 heteroatoms. The van der Waals surface area contributed by atoms with Crippen LogP contribution in [0.25, 0.3) is 16.2 Å². The smallest absolute Gasteiger partial charge is 0.267 e. The summed E-state index contributed by atoms with van der Waals surface area (Å²) in [4.78, 5) is 15.8. The number of hydrogen-bond donors (Lipinski definition) is 1. The van der Waals surface area contributed by atoms with Gasteiger partial charge in [-0.2, -0.15) is 10.5 Å². The molecule has 0 saturated carbocycles. The lowest BCUT2D eigenvalue weighted by Gasteiger charge is -1.95. The zero-order valence-corrected chi connectivity index (χ0v) is 19.4. The van der Waals surface area contributed by atoms with Gasteiger partial charge in [-0.05, 0) is 24.3 Å². The molecule has 0 aliphatic heterocycles. The third-order valence-corrected chi connectivity index (χ3v) is 6.78. The van der Waals surface area contributed by atoms with Crippen molar-refractivity contribution in [2.75, 3.05) is 5.33 Å². The topological polar surface area (TPSA) is 155 Å². The molecule has 2 N–H and O–H groups in total. The number of ketones is 1. The van der Waals surface area contributed by atoms with Crippen molar-refractivity contribution in [1.29, 1.82) is 10.5 Å². The second kappa shape index (κ2) is 9.80. The molecular weight excluding hydrogens is 516 g/mol. The molecule has 0 fully saturated rings. The Morgan fingerprint density at radius 2 is 1.62 bits per heavy atom. The first kappa shape index (κ1) is 23.2. The summed E-state index contributed by atoms with van der Waals surface area (Å²) in [5, 5.41) is 26.4. The van der Waals surface area contributed by atoms with Gasteiger partial charge in [0.05, 0.1) is 40.5 Å². The Morgan fingerprint density at radius 3 is 2.09 bits per heavy atom. The first-order valence-corrected chi connectivity index (χ1v) is 12.2. The number of alkyl halides is 1. The molecule has 0 saturated heterocycles. The van der Waals surface area contributed by atoms with Crippen LogP contribution in [0.1, 0.15) is 21.5 Å². The molecule has 0 aliphatic rings. The van der Waals surface area contributed by atoms with Gasteiger partial charge in [-0.15, -0.1) is 5.10 Å².